The van der Waals surface area contributed by atoms with Gasteiger partial charge in [-0.25, -0.2) is 4.79 Å². The standard InChI is InChI=1S/C17H19NO3/c1-2-11-18(14-8-4-5-9-14)16(19)12-13-7-3-6-10-15(13)17(20)21/h1,3,6-7,10,14H,4-5,8-9,11-12H2,(H,20,21). The van der Waals surface area contributed by atoms with E-state index in [-0.39, 0.29) is 23.9 Å². The summed E-state index contributed by atoms with van der Waals surface area (Å²) in [7, 11) is 0. The van der Waals surface area contributed by atoms with Crippen molar-refractivity contribution in [2.24, 2.45) is 0 Å². The Labute approximate surface area is 124 Å². The molecule has 1 saturated carbocycles. The van der Waals surface area contributed by atoms with Crippen LogP contribution < -0.4 is 0 Å². The van der Waals surface area contributed by atoms with Gasteiger partial charge in [0, 0.05) is 6.04 Å². The lowest BCUT2D eigenvalue weighted by molar-refractivity contribution is -0.131. The van der Waals surface area contributed by atoms with E-state index >= 15 is 0 Å². The van der Waals surface area contributed by atoms with E-state index in [0.29, 0.717) is 12.1 Å². The third-order valence-corrected chi connectivity index (χ3v) is 3.94. The number of carbonyl (C=O) groups is 2. The van der Waals surface area contributed by atoms with Crippen molar-refractivity contribution in [3.63, 3.8) is 0 Å². The average Bonchev–Trinajstić information content (AvgIpc) is 2.98. The highest BCUT2D eigenvalue weighted by Gasteiger charge is 2.26. The number of benzene rings is 1. The van der Waals surface area contributed by atoms with Crippen LogP contribution in [0.25, 0.3) is 0 Å². The molecule has 0 spiro atoms. The minimum absolute atomic E-state index is 0.0840. The van der Waals surface area contributed by atoms with Gasteiger partial charge in [-0.05, 0) is 24.5 Å². The molecular weight excluding hydrogens is 266 g/mol. The van der Waals surface area contributed by atoms with Crippen LogP contribution in [0.4, 0.5) is 0 Å². The van der Waals surface area contributed by atoms with Crippen molar-refractivity contribution in [2.75, 3.05) is 6.54 Å². The molecule has 1 aromatic rings. The van der Waals surface area contributed by atoms with E-state index in [0.717, 1.165) is 25.7 Å². The number of aromatic carboxylic acids is 1. The number of rotatable bonds is 5. The molecule has 0 bridgehead atoms. The van der Waals surface area contributed by atoms with Crippen molar-refractivity contribution in [3.8, 4) is 12.3 Å². The Balaban J connectivity index is 2.15. The Morgan fingerprint density at radius 1 is 1.29 bits per heavy atom. The molecule has 0 radical (unpaired) electrons. The normalized spacial score (nSPS) is 14.6. The molecule has 21 heavy (non-hydrogen) atoms. The fraction of sp³-hybridized carbons (Fsp3) is 0.412. The van der Waals surface area contributed by atoms with E-state index in [2.05, 4.69) is 5.92 Å². The van der Waals surface area contributed by atoms with Gasteiger partial charge in [-0.2, -0.15) is 0 Å². The molecule has 1 amide bonds. The second kappa shape index (κ2) is 6.94. The van der Waals surface area contributed by atoms with Gasteiger partial charge in [0.05, 0.1) is 18.5 Å². The fourth-order valence-corrected chi connectivity index (χ4v) is 2.88. The highest BCUT2D eigenvalue weighted by molar-refractivity contribution is 5.91. The number of terminal acetylenes is 1. The zero-order valence-corrected chi connectivity index (χ0v) is 11.9. The highest BCUT2D eigenvalue weighted by atomic mass is 16.4. The average molecular weight is 285 g/mol. The molecule has 0 heterocycles. The lowest BCUT2D eigenvalue weighted by Gasteiger charge is -2.27. The van der Waals surface area contributed by atoms with Crippen molar-refractivity contribution in [3.05, 3.63) is 35.4 Å². The van der Waals surface area contributed by atoms with Crippen LogP contribution in [0.1, 0.15) is 41.6 Å². The van der Waals surface area contributed by atoms with Crippen LogP contribution in [0.15, 0.2) is 24.3 Å². The zero-order valence-electron chi connectivity index (χ0n) is 11.9. The quantitative estimate of drug-likeness (QED) is 0.845. The van der Waals surface area contributed by atoms with Crippen LogP contribution in [-0.2, 0) is 11.2 Å². The highest BCUT2D eigenvalue weighted by Crippen LogP contribution is 2.24. The second-order valence-electron chi connectivity index (χ2n) is 5.30. The van der Waals surface area contributed by atoms with Crippen molar-refractivity contribution >= 4 is 11.9 Å². The monoisotopic (exact) mass is 285 g/mol. The lowest BCUT2D eigenvalue weighted by atomic mass is 10.0. The molecule has 0 aliphatic heterocycles. The summed E-state index contributed by atoms with van der Waals surface area (Å²) in [6.07, 6.45) is 9.64. The van der Waals surface area contributed by atoms with Crippen molar-refractivity contribution in [1.29, 1.82) is 0 Å². The Kier molecular flexibility index (Phi) is 4.99. The van der Waals surface area contributed by atoms with Gasteiger partial charge < -0.3 is 10.0 Å². The SMILES string of the molecule is C#CCN(C(=O)Cc1ccccc1C(=O)O)C1CCCC1. The summed E-state index contributed by atoms with van der Waals surface area (Å²) >= 11 is 0. The third kappa shape index (κ3) is 3.63. The van der Waals surface area contributed by atoms with Gasteiger partial charge in [-0.15, -0.1) is 6.42 Å². The summed E-state index contributed by atoms with van der Waals surface area (Å²) in [5, 5.41) is 9.17. The maximum atomic E-state index is 12.5. The van der Waals surface area contributed by atoms with Gasteiger partial charge in [0.15, 0.2) is 0 Å². The first-order chi connectivity index (χ1) is 10.1. The number of hydrogen-bond donors (Lipinski definition) is 1. The molecule has 4 heteroatoms. The fourth-order valence-electron chi connectivity index (χ4n) is 2.88. The maximum Gasteiger partial charge on any atom is 0.335 e. The molecule has 1 aliphatic rings. The molecule has 110 valence electrons. The van der Waals surface area contributed by atoms with Gasteiger partial charge in [-0.1, -0.05) is 37.0 Å². The Bertz CT molecular complexity index is 568. The Hall–Kier alpha value is -2.28. The van der Waals surface area contributed by atoms with Crippen LogP contribution in [0.2, 0.25) is 0 Å². The summed E-state index contributed by atoms with van der Waals surface area (Å²) < 4.78 is 0. The number of amides is 1. The predicted octanol–water partition coefficient (Wildman–Crippen LogP) is 2.33. The molecule has 0 atom stereocenters. The summed E-state index contributed by atoms with van der Waals surface area (Å²) in [6.45, 7) is 0.290. The molecule has 1 aliphatic carbocycles. The van der Waals surface area contributed by atoms with Gasteiger partial charge in [-0.3, -0.25) is 4.79 Å². The number of carbonyl (C=O) groups excluding carboxylic acids is 1. The topological polar surface area (TPSA) is 57.6 Å². The molecular formula is C17H19NO3. The van der Waals surface area contributed by atoms with Crippen LogP contribution in [0, 0.1) is 12.3 Å². The Morgan fingerprint density at radius 3 is 2.57 bits per heavy atom. The van der Waals surface area contributed by atoms with Crippen LogP contribution in [-0.4, -0.2) is 34.5 Å². The van der Waals surface area contributed by atoms with E-state index in [4.69, 9.17) is 6.42 Å². The molecule has 2 rings (SSSR count). The van der Waals surface area contributed by atoms with Crippen LogP contribution >= 0.6 is 0 Å². The van der Waals surface area contributed by atoms with E-state index in [1.165, 1.54) is 6.07 Å². The first-order valence-electron chi connectivity index (χ1n) is 7.17. The Morgan fingerprint density at radius 2 is 1.95 bits per heavy atom. The predicted molar refractivity (Wildman–Crippen MR) is 79.9 cm³/mol. The summed E-state index contributed by atoms with van der Waals surface area (Å²) in [4.78, 5) is 25.4. The van der Waals surface area contributed by atoms with Crippen molar-refractivity contribution in [2.45, 2.75) is 38.1 Å². The maximum absolute atomic E-state index is 12.5. The second-order valence-corrected chi connectivity index (χ2v) is 5.30. The van der Waals surface area contributed by atoms with Gasteiger partial charge in [0.2, 0.25) is 5.91 Å². The van der Waals surface area contributed by atoms with Crippen molar-refractivity contribution in [1.82, 2.24) is 4.90 Å². The van der Waals surface area contributed by atoms with E-state index in [1.807, 2.05) is 0 Å². The number of hydrogen-bond acceptors (Lipinski definition) is 2. The molecule has 0 unspecified atom stereocenters. The zero-order chi connectivity index (χ0) is 15.2. The summed E-state index contributed by atoms with van der Waals surface area (Å²) in [6, 6.07) is 6.81. The molecule has 1 N–H and O–H groups in total. The number of nitrogens with zero attached hydrogens (tertiary/aromatic N) is 1. The van der Waals surface area contributed by atoms with E-state index in [1.54, 1.807) is 23.1 Å². The number of carboxylic acid groups (broad SMARTS) is 1. The van der Waals surface area contributed by atoms with Gasteiger partial charge >= 0.3 is 5.97 Å². The molecule has 1 aromatic carbocycles. The van der Waals surface area contributed by atoms with Gasteiger partial charge in [0.25, 0.3) is 0 Å². The first kappa shape index (κ1) is 15.1. The van der Waals surface area contributed by atoms with E-state index < -0.39 is 5.97 Å². The third-order valence-electron chi connectivity index (χ3n) is 3.94. The molecule has 4 nitrogen and oxygen atoms in total. The van der Waals surface area contributed by atoms with Gasteiger partial charge in [0.1, 0.15) is 0 Å². The lowest BCUT2D eigenvalue weighted by Crippen LogP contribution is -2.40. The minimum Gasteiger partial charge on any atom is -0.478 e. The molecule has 0 saturated heterocycles. The van der Waals surface area contributed by atoms with Crippen LogP contribution in [0.3, 0.4) is 0 Å². The van der Waals surface area contributed by atoms with Crippen molar-refractivity contribution < 1.29 is 14.7 Å². The number of carboxylic acids is 1. The molecule has 0 aromatic heterocycles. The smallest absolute Gasteiger partial charge is 0.335 e. The van der Waals surface area contributed by atoms with E-state index in [9.17, 15) is 14.7 Å². The van der Waals surface area contributed by atoms with Crippen LogP contribution in [0.5, 0.6) is 0 Å². The largest absolute Gasteiger partial charge is 0.478 e. The summed E-state index contributed by atoms with van der Waals surface area (Å²) in [5.41, 5.74) is 0.716. The minimum atomic E-state index is -1.01. The summed E-state index contributed by atoms with van der Waals surface area (Å²) in [5.74, 6) is 1.44. The first-order valence-corrected chi connectivity index (χ1v) is 7.17. The molecule has 1 fully saturated rings.